The van der Waals surface area contributed by atoms with Crippen molar-refractivity contribution < 1.29 is 13.2 Å². The van der Waals surface area contributed by atoms with Crippen LogP contribution in [0.5, 0.6) is 0 Å². The molecule has 0 radical (unpaired) electrons. The second kappa shape index (κ2) is 8.08. The van der Waals surface area contributed by atoms with Gasteiger partial charge in [0.15, 0.2) is 0 Å². The van der Waals surface area contributed by atoms with Gasteiger partial charge in [0.2, 0.25) is 10.0 Å². The maximum Gasteiger partial charge on any atom is 0.261 e. The molecule has 0 saturated carbocycles. The number of aryl methyl sites for hydroxylation is 1. The first kappa shape index (κ1) is 21.5. The second-order valence-corrected chi connectivity index (χ2v) is 10.1. The maximum absolute atomic E-state index is 12.9. The van der Waals surface area contributed by atoms with Crippen molar-refractivity contribution in [3.05, 3.63) is 75.8 Å². The molecule has 2 aromatic heterocycles. The number of carbonyl (C=O) groups excluding carboxylic acids is 1. The number of nitrogens with zero attached hydrogens (tertiary/aromatic N) is 2. The Bertz CT molecular complexity index is 1410. The number of benzene rings is 2. The number of carbonyl (C=O) groups is 1. The molecule has 1 atom stereocenters. The molecule has 0 bridgehead atoms. The highest BCUT2D eigenvalue weighted by Gasteiger charge is 2.20. The molecule has 0 saturated heterocycles. The summed E-state index contributed by atoms with van der Waals surface area (Å²) >= 11 is 7.65. The summed E-state index contributed by atoms with van der Waals surface area (Å²) < 4.78 is 24.9. The van der Waals surface area contributed by atoms with E-state index in [1.54, 1.807) is 35.9 Å². The first-order valence-corrected chi connectivity index (χ1v) is 12.1. The predicted octanol–water partition coefficient (Wildman–Crippen LogP) is 4.19. The molecule has 2 heterocycles. The van der Waals surface area contributed by atoms with Crippen LogP contribution in [0.25, 0.3) is 15.9 Å². The van der Waals surface area contributed by atoms with Crippen LogP contribution in [0.2, 0.25) is 5.02 Å². The number of aromatic nitrogens is 2. The minimum atomic E-state index is -3.82. The van der Waals surface area contributed by atoms with Gasteiger partial charge < -0.3 is 5.32 Å². The van der Waals surface area contributed by atoms with Crippen LogP contribution in [0.15, 0.2) is 59.5 Å². The fourth-order valence-corrected chi connectivity index (χ4v) is 5.12. The molecule has 0 aliphatic rings. The molecular formula is C21H19ClN4O3S2. The zero-order chi connectivity index (χ0) is 22.3. The number of para-hydroxylation sites is 1. The lowest BCUT2D eigenvalue weighted by Gasteiger charge is -2.14. The third kappa shape index (κ3) is 4.22. The van der Waals surface area contributed by atoms with Gasteiger partial charge in [-0.15, -0.1) is 11.3 Å². The second-order valence-electron chi connectivity index (χ2n) is 7.09. The number of nitrogens with two attached hydrogens (primary N) is 1. The van der Waals surface area contributed by atoms with E-state index in [0.717, 1.165) is 21.6 Å². The highest BCUT2D eigenvalue weighted by molar-refractivity contribution is 7.89. The molecule has 1 amide bonds. The van der Waals surface area contributed by atoms with E-state index in [1.807, 2.05) is 25.1 Å². The number of hydrogen-bond acceptors (Lipinski definition) is 5. The van der Waals surface area contributed by atoms with Crippen LogP contribution < -0.4 is 10.5 Å². The van der Waals surface area contributed by atoms with Crippen LogP contribution in [0.1, 0.15) is 33.9 Å². The molecule has 0 fully saturated rings. The number of rotatable bonds is 5. The van der Waals surface area contributed by atoms with E-state index in [-0.39, 0.29) is 10.8 Å². The van der Waals surface area contributed by atoms with Gasteiger partial charge in [0.05, 0.1) is 32.2 Å². The molecule has 4 rings (SSSR count). The van der Waals surface area contributed by atoms with Crippen molar-refractivity contribution in [2.24, 2.45) is 5.14 Å². The Morgan fingerprint density at radius 3 is 2.65 bits per heavy atom. The number of nitrogens with one attached hydrogen (secondary N) is 1. The number of sulfonamides is 1. The van der Waals surface area contributed by atoms with Gasteiger partial charge in [-0.3, -0.25) is 4.79 Å². The molecule has 7 nitrogen and oxygen atoms in total. The fraction of sp³-hybridized carbons (Fsp3) is 0.143. The van der Waals surface area contributed by atoms with Gasteiger partial charge >= 0.3 is 0 Å². The summed E-state index contributed by atoms with van der Waals surface area (Å²) in [6, 6.07) is 15.0. The number of fused-ring (bicyclic) bond motifs is 1. The van der Waals surface area contributed by atoms with Gasteiger partial charge in [-0.25, -0.2) is 18.2 Å². The molecule has 2 aromatic carbocycles. The topological polar surface area (TPSA) is 107 Å². The third-order valence-corrected chi connectivity index (χ3v) is 7.22. The number of primary sulfonamides is 1. The van der Waals surface area contributed by atoms with Crippen LogP contribution in [0, 0.1) is 6.92 Å². The van der Waals surface area contributed by atoms with Gasteiger partial charge in [-0.2, -0.15) is 5.10 Å². The van der Waals surface area contributed by atoms with E-state index in [0.29, 0.717) is 15.5 Å². The van der Waals surface area contributed by atoms with Gasteiger partial charge in [0.25, 0.3) is 5.91 Å². The molecule has 1 unspecified atom stereocenters. The van der Waals surface area contributed by atoms with Crippen molar-refractivity contribution in [2.75, 3.05) is 0 Å². The minimum absolute atomic E-state index is 0.00316. The molecule has 10 heteroatoms. The summed E-state index contributed by atoms with van der Waals surface area (Å²) in [6.45, 7) is 3.66. The Balaban J connectivity index is 1.63. The van der Waals surface area contributed by atoms with Crippen LogP contribution in [0.3, 0.4) is 0 Å². The summed E-state index contributed by atoms with van der Waals surface area (Å²) in [5.41, 5.74) is 2.17. The van der Waals surface area contributed by atoms with Crippen LogP contribution in [-0.2, 0) is 10.0 Å². The monoisotopic (exact) mass is 474 g/mol. The average Bonchev–Trinajstić information content (AvgIpc) is 3.29. The zero-order valence-electron chi connectivity index (χ0n) is 16.7. The summed E-state index contributed by atoms with van der Waals surface area (Å²) in [5, 5.41) is 14.1. The summed E-state index contributed by atoms with van der Waals surface area (Å²) in [5.74, 6) is -0.264. The molecule has 3 N–H and O–H groups in total. The first-order valence-electron chi connectivity index (χ1n) is 9.33. The van der Waals surface area contributed by atoms with Crippen molar-refractivity contribution in [3.8, 4) is 5.69 Å². The summed E-state index contributed by atoms with van der Waals surface area (Å²) in [4.78, 5) is 14.2. The molecule has 0 aliphatic heterocycles. The van der Waals surface area contributed by atoms with Crippen LogP contribution >= 0.6 is 22.9 Å². The van der Waals surface area contributed by atoms with E-state index in [9.17, 15) is 13.2 Å². The predicted molar refractivity (Wildman–Crippen MR) is 122 cm³/mol. The Morgan fingerprint density at radius 1 is 1.19 bits per heavy atom. The number of halogens is 1. The van der Waals surface area contributed by atoms with E-state index in [1.165, 1.54) is 23.5 Å². The normalized spacial score (nSPS) is 12.8. The number of hydrogen-bond donors (Lipinski definition) is 2. The quantitative estimate of drug-likeness (QED) is 0.452. The third-order valence-electron chi connectivity index (χ3n) is 4.88. The Labute approximate surface area is 188 Å². The SMILES string of the molecule is Cc1nn(-c2ccccc2Cl)c2sc(C(=O)NC(C)c3cccc(S(N)(=O)=O)c3)cc12. The van der Waals surface area contributed by atoms with Crippen LogP contribution in [-0.4, -0.2) is 24.1 Å². The first-order chi connectivity index (χ1) is 14.6. The highest BCUT2D eigenvalue weighted by Crippen LogP contribution is 2.32. The standard InChI is InChI=1S/C21H19ClN4O3S2/c1-12(14-6-5-7-15(10-14)31(23,28)29)24-20(27)19-11-16-13(2)25-26(21(16)30-19)18-9-4-3-8-17(18)22/h3-12H,1-2H3,(H,24,27)(H2,23,28,29). The molecular weight excluding hydrogens is 456 g/mol. The summed E-state index contributed by atoms with van der Waals surface area (Å²) in [6.07, 6.45) is 0. The van der Waals surface area contributed by atoms with E-state index in [4.69, 9.17) is 16.7 Å². The minimum Gasteiger partial charge on any atom is -0.345 e. The lowest BCUT2D eigenvalue weighted by molar-refractivity contribution is 0.0944. The Morgan fingerprint density at radius 2 is 1.94 bits per heavy atom. The van der Waals surface area contributed by atoms with Crippen molar-refractivity contribution in [3.63, 3.8) is 0 Å². The van der Waals surface area contributed by atoms with Crippen molar-refractivity contribution in [1.82, 2.24) is 15.1 Å². The lowest BCUT2D eigenvalue weighted by Crippen LogP contribution is -2.26. The Kier molecular flexibility index (Phi) is 5.61. The van der Waals surface area contributed by atoms with Crippen LogP contribution in [0.4, 0.5) is 0 Å². The molecule has 0 aliphatic carbocycles. The fourth-order valence-electron chi connectivity index (χ4n) is 3.26. The lowest BCUT2D eigenvalue weighted by atomic mass is 10.1. The zero-order valence-corrected chi connectivity index (χ0v) is 19.1. The maximum atomic E-state index is 12.9. The van der Waals surface area contributed by atoms with E-state index in [2.05, 4.69) is 10.4 Å². The summed E-state index contributed by atoms with van der Waals surface area (Å²) in [7, 11) is -3.82. The van der Waals surface area contributed by atoms with E-state index >= 15 is 0 Å². The van der Waals surface area contributed by atoms with Gasteiger partial charge in [-0.05, 0) is 49.7 Å². The number of amides is 1. The number of thiophene rings is 1. The van der Waals surface area contributed by atoms with Crippen molar-refractivity contribution in [2.45, 2.75) is 24.8 Å². The molecule has 0 spiro atoms. The Hall–Kier alpha value is -2.72. The molecule has 31 heavy (non-hydrogen) atoms. The van der Waals surface area contributed by atoms with Gasteiger partial charge in [-0.1, -0.05) is 35.9 Å². The van der Waals surface area contributed by atoms with E-state index < -0.39 is 16.1 Å². The highest BCUT2D eigenvalue weighted by atomic mass is 35.5. The van der Waals surface area contributed by atoms with Crippen molar-refractivity contribution in [1.29, 1.82) is 0 Å². The molecule has 4 aromatic rings. The van der Waals surface area contributed by atoms with Crippen molar-refractivity contribution >= 4 is 49.1 Å². The largest absolute Gasteiger partial charge is 0.345 e. The molecule has 160 valence electrons. The van der Waals surface area contributed by atoms with Gasteiger partial charge in [0, 0.05) is 5.39 Å². The smallest absolute Gasteiger partial charge is 0.261 e. The van der Waals surface area contributed by atoms with Gasteiger partial charge in [0.1, 0.15) is 4.83 Å². The average molecular weight is 475 g/mol.